The van der Waals surface area contributed by atoms with Gasteiger partial charge in [-0.1, -0.05) is 11.6 Å². The van der Waals surface area contributed by atoms with Gasteiger partial charge in [0.15, 0.2) is 9.84 Å². The Bertz CT molecular complexity index is 747. The summed E-state index contributed by atoms with van der Waals surface area (Å²) in [5, 5.41) is -0.0890. The van der Waals surface area contributed by atoms with E-state index in [0.29, 0.717) is 10.6 Å². The minimum atomic E-state index is -3.43. The number of hydrogen-bond acceptors (Lipinski definition) is 4. The van der Waals surface area contributed by atoms with Crippen LogP contribution >= 0.6 is 11.6 Å². The first-order valence-corrected chi connectivity index (χ1v) is 8.22. The summed E-state index contributed by atoms with van der Waals surface area (Å²) in [6, 6.07) is 7.61. The number of carbonyl (C=O) groups excluding carboxylic acids is 1. The molecule has 21 heavy (non-hydrogen) atoms. The molecule has 7 heteroatoms. The predicted molar refractivity (Wildman–Crippen MR) is 77.0 cm³/mol. The second-order valence-electron chi connectivity index (χ2n) is 4.84. The van der Waals surface area contributed by atoms with E-state index in [-0.39, 0.29) is 23.9 Å². The molecule has 1 aliphatic heterocycles. The Kier molecular flexibility index (Phi) is 3.51. The van der Waals surface area contributed by atoms with Gasteiger partial charge >= 0.3 is 0 Å². The summed E-state index contributed by atoms with van der Waals surface area (Å²) in [7, 11) is -3.43. The van der Waals surface area contributed by atoms with Crippen molar-refractivity contribution in [2.24, 2.45) is 0 Å². The smallest absolute Gasteiger partial charge is 0.257 e. The fourth-order valence-corrected chi connectivity index (χ4v) is 3.96. The molecule has 3 rings (SSSR count). The highest BCUT2D eigenvalue weighted by molar-refractivity contribution is 7.92. The molecule has 110 valence electrons. The number of hydrogen-bond donors (Lipinski definition) is 0. The lowest BCUT2D eigenvalue weighted by Gasteiger charge is -2.38. The molecule has 1 aliphatic rings. The Hall–Kier alpha value is -1.79. The van der Waals surface area contributed by atoms with Crippen molar-refractivity contribution in [1.82, 2.24) is 4.90 Å². The zero-order chi connectivity index (χ0) is 15.0. The summed E-state index contributed by atoms with van der Waals surface area (Å²) < 4.78 is 29.6. The average molecular weight is 326 g/mol. The maximum atomic E-state index is 12.4. The van der Waals surface area contributed by atoms with E-state index in [9.17, 15) is 13.2 Å². The molecule has 2 aromatic rings. The maximum absolute atomic E-state index is 12.4. The van der Waals surface area contributed by atoms with Crippen molar-refractivity contribution in [3.8, 4) is 0 Å². The van der Waals surface area contributed by atoms with Gasteiger partial charge in [0.1, 0.15) is 11.5 Å². The Labute approximate surface area is 127 Å². The number of rotatable bonds is 3. The van der Waals surface area contributed by atoms with Crippen molar-refractivity contribution in [3.05, 3.63) is 53.4 Å². The molecule has 1 amide bonds. The molecule has 0 unspecified atom stereocenters. The molecule has 1 fully saturated rings. The predicted octanol–water partition coefficient (Wildman–Crippen LogP) is 2.23. The average Bonchev–Trinajstić information content (AvgIpc) is 2.90. The van der Waals surface area contributed by atoms with Crippen LogP contribution in [-0.2, 0) is 9.84 Å². The van der Waals surface area contributed by atoms with Gasteiger partial charge < -0.3 is 9.32 Å². The number of likely N-dealkylation sites (tertiary alicyclic amines) is 1. The van der Waals surface area contributed by atoms with Crippen LogP contribution in [0.2, 0.25) is 5.02 Å². The molecule has 0 spiro atoms. The van der Waals surface area contributed by atoms with Gasteiger partial charge in [0.05, 0.1) is 16.7 Å². The number of nitrogens with zero attached hydrogens (tertiary/aromatic N) is 1. The van der Waals surface area contributed by atoms with Crippen LogP contribution in [-0.4, -0.2) is 37.6 Å². The zero-order valence-corrected chi connectivity index (χ0v) is 12.5. The Morgan fingerprint density at radius 2 is 1.86 bits per heavy atom. The molecule has 1 aromatic heterocycles. The van der Waals surface area contributed by atoms with Gasteiger partial charge in [-0.15, -0.1) is 0 Å². The van der Waals surface area contributed by atoms with Crippen LogP contribution in [0, 0.1) is 0 Å². The number of furan rings is 1. The first kappa shape index (κ1) is 14.2. The maximum Gasteiger partial charge on any atom is 0.257 e. The molecule has 0 aliphatic carbocycles. The molecule has 0 saturated carbocycles. The lowest BCUT2D eigenvalue weighted by Crippen LogP contribution is -2.56. The van der Waals surface area contributed by atoms with Gasteiger partial charge in [-0.3, -0.25) is 4.79 Å². The zero-order valence-electron chi connectivity index (χ0n) is 10.9. The lowest BCUT2D eigenvalue weighted by molar-refractivity contribution is 0.0658. The summed E-state index contributed by atoms with van der Waals surface area (Å²) in [6.07, 6.45) is 2.76. The summed E-state index contributed by atoms with van der Waals surface area (Å²) in [5.74, 6) is -0.216. The minimum Gasteiger partial charge on any atom is -0.472 e. The second kappa shape index (κ2) is 5.20. The summed E-state index contributed by atoms with van der Waals surface area (Å²) in [4.78, 5) is 13.7. The highest BCUT2D eigenvalue weighted by Gasteiger charge is 2.40. The van der Waals surface area contributed by atoms with Crippen LogP contribution < -0.4 is 0 Å². The van der Waals surface area contributed by atoms with Gasteiger partial charge in [0.25, 0.3) is 5.91 Å². The third-order valence-corrected chi connectivity index (χ3v) is 5.84. The quantitative estimate of drug-likeness (QED) is 0.868. The van der Waals surface area contributed by atoms with Crippen molar-refractivity contribution in [2.75, 3.05) is 13.1 Å². The third-order valence-electron chi connectivity index (χ3n) is 3.48. The molecule has 1 saturated heterocycles. The molecule has 1 aromatic carbocycles. The number of halogens is 1. The van der Waals surface area contributed by atoms with E-state index in [0.717, 1.165) is 0 Å². The van der Waals surface area contributed by atoms with Crippen molar-refractivity contribution >= 4 is 27.3 Å². The minimum absolute atomic E-state index is 0.189. The van der Waals surface area contributed by atoms with Gasteiger partial charge in [-0.2, -0.15) is 0 Å². The Balaban J connectivity index is 1.71. The highest BCUT2D eigenvalue weighted by atomic mass is 35.5. The van der Waals surface area contributed by atoms with E-state index in [1.165, 1.54) is 29.6 Å². The molecule has 2 heterocycles. The molecule has 0 bridgehead atoms. The number of benzene rings is 1. The van der Waals surface area contributed by atoms with Crippen molar-refractivity contribution < 1.29 is 17.6 Å². The first-order valence-electron chi connectivity index (χ1n) is 6.29. The van der Waals surface area contributed by atoms with E-state index in [2.05, 4.69) is 0 Å². The molecular weight excluding hydrogens is 314 g/mol. The number of carbonyl (C=O) groups is 1. The number of amides is 1. The molecule has 0 N–H and O–H groups in total. The normalized spacial score (nSPS) is 15.8. The van der Waals surface area contributed by atoms with E-state index in [1.54, 1.807) is 18.2 Å². The largest absolute Gasteiger partial charge is 0.472 e. The number of sulfone groups is 1. The van der Waals surface area contributed by atoms with Gasteiger partial charge in [-0.25, -0.2) is 8.42 Å². The third kappa shape index (κ3) is 2.56. The SMILES string of the molecule is O=C(c1ccoc1)N1CC(S(=O)(=O)c2ccc(Cl)cc2)C1. The van der Waals surface area contributed by atoms with Crippen LogP contribution in [0.25, 0.3) is 0 Å². The van der Waals surface area contributed by atoms with Crippen LogP contribution in [0.1, 0.15) is 10.4 Å². The molecule has 0 radical (unpaired) electrons. The summed E-state index contributed by atoms with van der Waals surface area (Å²) in [6.45, 7) is 0.379. The van der Waals surface area contributed by atoms with Gasteiger partial charge in [0.2, 0.25) is 0 Å². The topological polar surface area (TPSA) is 67.6 Å². The van der Waals surface area contributed by atoms with Gasteiger partial charge in [-0.05, 0) is 30.3 Å². The fraction of sp³-hybridized carbons (Fsp3) is 0.214. The van der Waals surface area contributed by atoms with Crippen molar-refractivity contribution in [1.29, 1.82) is 0 Å². The Morgan fingerprint density at radius 1 is 1.19 bits per heavy atom. The van der Waals surface area contributed by atoms with Crippen molar-refractivity contribution in [3.63, 3.8) is 0 Å². The van der Waals surface area contributed by atoms with Gasteiger partial charge in [0, 0.05) is 18.1 Å². The molecular formula is C14H12ClNO4S. The van der Waals surface area contributed by atoms with Crippen molar-refractivity contribution in [2.45, 2.75) is 10.1 Å². The molecule has 5 nitrogen and oxygen atoms in total. The van der Waals surface area contributed by atoms with E-state index in [4.69, 9.17) is 16.0 Å². The summed E-state index contributed by atoms with van der Waals surface area (Å²) in [5.41, 5.74) is 0.428. The standard InChI is InChI=1S/C14H12ClNO4S/c15-11-1-3-12(4-2-11)21(18,19)13-7-16(8-13)14(17)10-5-6-20-9-10/h1-6,9,13H,7-8H2. The van der Waals surface area contributed by atoms with Crippen LogP contribution in [0.15, 0.2) is 52.2 Å². The Morgan fingerprint density at radius 3 is 2.43 bits per heavy atom. The second-order valence-corrected chi connectivity index (χ2v) is 7.51. The van der Waals surface area contributed by atoms with E-state index >= 15 is 0 Å². The fourth-order valence-electron chi connectivity index (χ4n) is 2.19. The van der Waals surface area contributed by atoms with Crippen LogP contribution in [0.3, 0.4) is 0 Å². The lowest BCUT2D eigenvalue weighted by atomic mass is 10.2. The first-order chi connectivity index (χ1) is 9.98. The van der Waals surface area contributed by atoms with E-state index < -0.39 is 15.1 Å². The summed E-state index contributed by atoms with van der Waals surface area (Å²) >= 11 is 5.75. The highest BCUT2D eigenvalue weighted by Crippen LogP contribution is 2.26. The van der Waals surface area contributed by atoms with E-state index in [1.807, 2.05) is 0 Å². The monoisotopic (exact) mass is 325 g/mol. The van der Waals surface area contributed by atoms with Crippen LogP contribution in [0.4, 0.5) is 0 Å². The van der Waals surface area contributed by atoms with Crippen LogP contribution in [0.5, 0.6) is 0 Å². The molecule has 0 atom stereocenters.